The number of nitrogens with zero attached hydrogens (tertiary/aromatic N) is 2. The molecule has 1 N–H and O–H groups in total. The zero-order valence-corrected chi connectivity index (χ0v) is 11.1. The van der Waals surface area contributed by atoms with Gasteiger partial charge in [-0.15, -0.1) is 0 Å². The first-order valence-electron chi connectivity index (χ1n) is 6.83. The zero-order valence-electron chi connectivity index (χ0n) is 11.1. The van der Waals surface area contributed by atoms with Crippen molar-refractivity contribution in [3.63, 3.8) is 0 Å². The van der Waals surface area contributed by atoms with Gasteiger partial charge in [0.2, 0.25) is 0 Å². The summed E-state index contributed by atoms with van der Waals surface area (Å²) >= 11 is 0. The van der Waals surface area contributed by atoms with E-state index in [1.165, 1.54) is 0 Å². The number of aromatic nitrogens is 1. The highest BCUT2D eigenvalue weighted by atomic mass is 16.2. The van der Waals surface area contributed by atoms with Gasteiger partial charge in [-0.3, -0.25) is 4.79 Å². The topological polar surface area (TPSA) is 37.3 Å². The van der Waals surface area contributed by atoms with E-state index in [0.29, 0.717) is 17.9 Å². The van der Waals surface area contributed by atoms with E-state index >= 15 is 0 Å². The molecule has 2 aliphatic rings. The van der Waals surface area contributed by atoms with E-state index in [1.54, 1.807) is 0 Å². The summed E-state index contributed by atoms with van der Waals surface area (Å²) in [5.74, 6) is 1.52. The summed E-state index contributed by atoms with van der Waals surface area (Å²) in [5, 5.41) is 3.40. The van der Waals surface area contributed by atoms with Crippen LogP contribution in [-0.2, 0) is 0 Å². The standard InChI is InChI=1S/C14H21N3O/c1-10(2)17-5-3-4-13(17)14(18)16-8-11-6-15-7-12(11)9-16/h3-5,10-12,15H,6-9H2,1-2H3. The third-order valence-corrected chi connectivity index (χ3v) is 4.23. The second kappa shape index (κ2) is 4.43. The molecule has 4 nitrogen and oxygen atoms in total. The van der Waals surface area contributed by atoms with Crippen LogP contribution in [-0.4, -0.2) is 41.6 Å². The molecule has 2 unspecified atom stereocenters. The summed E-state index contributed by atoms with van der Waals surface area (Å²) in [5.41, 5.74) is 0.831. The summed E-state index contributed by atoms with van der Waals surface area (Å²) in [4.78, 5) is 14.6. The van der Waals surface area contributed by atoms with Crippen LogP contribution in [0.5, 0.6) is 0 Å². The monoisotopic (exact) mass is 247 g/mol. The van der Waals surface area contributed by atoms with Gasteiger partial charge in [0.25, 0.3) is 5.91 Å². The number of carbonyl (C=O) groups excluding carboxylic acids is 1. The van der Waals surface area contributed by atoms with Gasteiger partial charge in [0.1, 0.15) is 5.69 Å². The van der Waals surface area contributed by atoms with Gasteiger partial charge in [-0.1, -0.05) is 0 Å². The molecular formula is C14H21N3O. The Morgan fingerprint density at radius 3 is 2.61 bits per heavy atom. The van der Waals surface area contributed by atoms with Crippen LogP contribution >= 0.6 is 0 Å². The van der Waals surface area contributed by atoms with Gasteiger partial charge in [0, 0.05) is 38.4 Å². The quantitative estimate of drug-likeness (QED) is 0.857. The number of likely N-dealkylation sites (tertiary alicyclic amines) is 1. The maximum absolute atomic E-state index is 12.5. The molecule has 0 spiro atoms. The van der Waals surface area contributed by atoms with Crippen molar-refractivity contribution in [1.29, 1.82) is 0 Å². The molecule has 1 amide bonds. The predicted octanol–water partition coefficient (Wildman–Crippen LogP) is 1.36. The summed E-state index contributed by atoms with van der Waals surface area (Å²) in [6.45, 7) is 8.19. The van der Waals surface area contributed by atoms with Gasteiger partial charge in [-0.25, -0.2) is 0 Å². The van der Waals surface area contributed by atoms with Crippen LogP contribution in [0, 0.1) is 11.8 Å². The molecule has 3 heterocycles. The van der Waals surface area contributed by atoms with Crippen molar-refractivity contribution in [2.45, 2.75) is 19.9 Å². The minimum Gasteiger partial charge on any atom is -0.341 e. The van der Waals surface area contributed by atoms with Crippen LogP contribution in [0.1, 0.15) is 30.4 Å². The summed E-state index contributed by atoms with van der Waals surface area (Å²) < 4.78 is 2.06. The second-order valence-corrected chi connectivity index (χ2v) is 5.78. The van der Waals surface area contributed by atoms with E-state index in [-0.39, 0.29) is 5.91 Å². The fraction of sp³-hybridized carbons (Fsp3) is 0.643. The molecule has 0 aromatic carbocycles. The highest BCUT2D eigenvalue weighted by Gasteiger charge is 2.38. The Labute approximate surface area is 108 Å². The number of carbonyl (C=O) groups is 1. The SMILES string of the molecule is CC(C)n1cccc1C(=O)N1CC2CNCC2C1. The Morgan fingerprint density at radius 1 is 1.33 bits per heavy atom. The molecule has 1 aromatic heterocycles. The number of hydrogen-bond donors (Lipinski definition) is 1. The molecule has 0 bridgehead atoms. The molecule has 18 heavy (non-hydrogen) atoms. The maximum Gasteiger partial charge on any atom is 0.270 e. The molecule has 4 heteroatoms. The van der Waals surface area contributed by atoms with Crippen LogP contribution in [0.4, 0.5) is 0 Å². The molecule has 0 aliphatic carbocycles. The average Bonchev–Trinajstić information content (AvgIpc) is 3.02. The summed E-state index contributed by atoms with van der Waals surface area (Å²) in [6, 6.07) is 4.24. The normalized spacial score (nSPS) is 26.9. The molecule has 2 aliphatic heterocycles. The van der Waals surface area contributed by atoms with Crippen molar-refractivity contribution in [3.8, 4) is 0 Å². The van der Waals surface area contributed by atoms with Crippen LogP contribution in [0.15, 0.2) is 18.3 Å². The van der Waals surface area contributed by atoms with Crippen molar-refractivity contribution in [3.05, 3.63) is 24.0 Å². The second-order valence-electron chi connectivity index (χ2n) is 5.78. The van der Waals surface area contributed by atoms with Crippen LogP contribution < -0.4 is 5.32 Å². The molecule has 0 radical (unpaired) electrons. The number of fused-ring (bicyclic) bond motifs is 1. The Morgan fingerprint density at radius 2 is 2.00 bits per heavy atom. The lowest BCUT2D eigenvalue weighted by Gasteiger charge is -2.20. The Balaban J connectivity index is 1.77. The van der Waals surface area contributed by atoms with Crippen LogP contribution in [0.25, 0.3) is 0 Å². The highest BCUT2D eigenvalue weighted by molar-refractivity contribution is 5.93. The summed E-state index contributed by atoms with van der Waals surface area (Å²) in [7, 11) is 0. The Bertz CT molecular complexity index is 440. The average molecular weight is 247 g/mol. The molecule has 98 valence electrons. The van der Waals surface area contributed by atoms with E-state index in [4.69, 9.17) is 0 Å². The largest absolute Gasteiger partial charge is 0.341 e. The molecule has 2 fully saturated rings. The van der Waals surface area contributed by atoms with Gasteiger partial charge >= 0.3 is 0 Å². The van der Waals surface area contributed by atoms with Gasteiger partial charge in [-0.05, 0) is 37.8 Å². The first-order chi connectivity index (χ1) is 8.66. The lowest BCUT2D eigenvalue weighted by Crippen LogP contribution is -2.33. The molecule has 2 saturated heterocycles. The van der Waals surface area contributed by atoms with E-state index < -0.39 is 0 Å². The fourth-order valence-electron chi connectivity index (χ4n) is 3.21. The van der Waals surface area contributed by atoms with E-state index in [2.05, 4.69) is 23.7 Å². The minimum absolute atomic E-state index is 0.197. The molecular weight excluding hydrogens is 226 g/mol. The van der Waals surface area contributed by atoms with Gasteiger partial charge in [0.05, 0.1) is 0 Å². The van der Waals surface area contributed by atoms with Gasteiger partial charge < -0.3 is 14.8 Å². The van der Waals surface area contributed by atoms with Crippen LogP contribution in [0.3, 0.4) is 0 Å². The molecule has 0 saturated carbocycles. The predicted molar refractivity (Wildman–Crippen MR) is 70.6 cm³/mol. The first-order valence-corrected chi connectivity index (χ1v) is 6.83. The highest BCUT2D eigenvalue weighted by Crippen LogP contribution is 2.27. The van der Waals surface area contributed by atoms with E-state index in [1.807, 2.05) is 23.2 Å². The maximum atomic E-state index is 12.5. The smallest absolute Gasteiger partial charge is 0.270 e. The van der Waals surface area contributed by atoms with E-state index in [0.717, 1.165) is 31.9 Å². The first kappa shape index (κ1) is 11.8. The lowest BCUT2D eigenvalue weighted by molar-refractivity contribution is 0.0769. The van der Waals surface area contributed by atoms with E-state index in [9.17, 15) is 4.79 Å². The van der Waals surface area contributed by atoms with Crippen molar-refractivity contribution >= 4 is 5.91 Å². The Kier molecular flexibility index (Phi) is 2.90. The molecule has 2 atom stereocenters. The lowest BCUT2D eigenvalue weighted by atomic mass is 10.0. The summed E-state index contributed by atoms with van der Waals surface area (Å²) in [6.07, 6.45) is 2.00. The number of amides is 1. The zero-order chi connectivity index (χ0) is 12.7. The fourth-order valence-corrected chi connectivity index (χ4v) is 3.21. The molecule has 3 rings (SSSR count). The third-order valence-electron chi connectivity index (χ3n) is 4.23. The van der Waals surface area contributed by atoms with Gasteiger partial charge in [0.15, 0.2) is 0 Å². The number of rotatable bonds is 2. The van der Waals surface area contributed by atoms with Crippen molar-refractivity contribution in [2.24, 2.45) is 11.8 Å². The van der Waals surface area contributed by atoms with Gasteiger partial charge in [-0.2, -0.15) is 0 Å². The number of nitrogens with one attached hydrogen (secondary N) is 1. The van der Waals surface area contributed by atoms with Crippen molar-refractivity contribution < 1.29 is 4.79 Å². The minimum atomic E-state index is 0.197. The Hall–Kier alpha value is -1.29. The van der Waals surface area contributed by atoms with Crippen molar-refractivity contribution in [2.75, 3.05) is 26.2 Å². The third kappa shape index (κ3) is 1.85. The number of hydrogen-bond acceptors (Lipinski definition) is 2. The molecule has 1 aromatic rings. The van der Waals surface area contributed by atoms with Crippen LogP contribution in [0.2, 0.25) is 0 Å². The van der Waals surface area contributed by atoms with Crippen molar-refractivity contribution in [1.82, 2.24) is 14.8 Å².